The van der Waals surface area contributed by atoms with Crippen LogP contribution in [0.3, 0.4) is 0 Å². The molecule has 0 saturated carbocycles. The van der Waals surface area contributed by atoms with Gasteiger partial charge in [-0.2, -0.15) is 5.26 Å². The predicted molar refractivity (Wildman–Crippen MR) is 99.9 cm³/mol. The third-order valence-corrected chi connectivity index (χ3v) is 4.58. The fourth-order valence-corrected chi connectivity index (χ4v) is 3.24. The number of amides is 2. The van der Waals surface area contributed by atoms with E-state index in [-0.39, 0.29) is 6.03 Å². The van der Waals surface area contributed by atoms with Gasteiger partial charge in [0.1, 0.15) is 0 Å². The molecule has 0 saturated heterocycles. The molecule has 4 rings (SSSR count). The van der Waals surface area contributed by atoms with Crippen molar-refractivity contribution in [3.05, 3.63) is 66.1 Å². The maximum absolute atomic E-state index is 12.8. The Morgan fingerprint density at radius 3 is 2.92 bits per heavy atom. The van der Waals surface area contributed by atoms with Crippen LogP contribution in [-0.4, -0.2) is 22.1 Å². The molecule has 0 atom stereocenters. The first-order chi connectivity index (χ1) is 12.7. The van der Waals surface area contributed by atoms with Crippen LogP contribution in [0.5, 0.6) is 0 Å². The lowest BCUT2D eigenvalue weighted by Gasteiger charge is -2.18. The van der Waals surface area contributed by atoms with Gasteiger partial charge < -0.3 is 9.88 Å². The van der Waals surface area contributed by atoms with E-state index in [1.807, 2.05) is 41.9 Å². The Labute approximate surface area is 151 Å². The highest BCUT2D eigenvalue weighted by atomic mass is 16.2. The molecule has 0 bridgehead atoms. The number of hydrogen-bond donors (Lipinski definition) is 1. The van der Waals surface area contributed by atoms with Crippen molar-refractivity contribution in [2.24, 2.45) is 7.05 Å². The van der Waals surface area contributed by atoms with E-state index in [9.17, 15) is 4.79 Å². The van der Waals surface area contributed by atoms with E-state index in [2.05, 4.69) is 16.4 Å². The van der Waals surface area contributed by atoms with Gasteiger partial charge in [0, 0.05) is 30.5 Å². The first kappa shape index (κ1) is 15.9. The summed E-state index contributed by atoms with van der Waals surface area (Å²) in [7, 11) is 1.93. The van der Waals surface area contributed by atoms with Crippen molar-refractivity contribution < 1.29 is 4.79 Å². The summed E-state index contributed by atoms with van der Waals surface area (Å²) in [6.07, 6.45) is 4.33. The minimum atomic E-state index is -0.194. The van der Waals surface area contributed by atoms with Crippen LogP contribution < -0.4 is 10.2 Å². The third kappa shape index (κ3) is 2.80. The van der Waals surface area contributed by atoms with Crippen LogP contribution >= 0.6 is 0 Å². The number of hydrogen-bond acceptors (Lipinski definition) is 3. The molecule has 0 aliphatic carbocycles. The number of anilines is 2. The zero-order chi connectivity index (χ0) is 18.1. The summed E-state index contributed by atoms with van der Waals surface area (Å²) in [5, 5.41) is 12.1. The maximum Gasteiger partial charge on any atom is 0.326 e. The number of aryl methyl sites for hydroxylation is 1. The Bertz CT molecular complexity index is 1030. The number of carbonyl (C=O) groups is 1. The number of urea groups is 1. The second-order valence-corrected chi connectivity index (χ2v) is 6.26. The highest BCUT2D eigenvalue weighted by Gasteiger charge is 2.25. The van der Waals surface area contributed by atoms with Gasteiger partial charge in [-0.05, 0) is 36.2 Å². The second kappa shape index (κ2) is 6.37. The monoisotopic (exact) mass is 343 g/mol. The van der Waals surface area contributed by atoms with Crippen LogP contribution in [0, 0.1) is 11.3 Å². The number of benzene rings is 2. The molecule has 3 aromatic rings. The van der Waals surface area contributed by atoms with Crippen molar-refractivity contribution in [3.8, 4) is 17.3 Å². The molecule has 6 nitrogen and oxygen atoms in total. The van der Waals surface area contributed by atoms with Gasteiger partial charge >= 0.3 is 6.03 Å². The number of nitrogens with one attached hydrogen (secondary N) is 1. The fourth-order valence-electron chi connectivity index (χ4n) is 3.24. The lowest BCUT2D eigenvalue weighted by molar-refractivity contribution is 0.257. The van der Waals surface area contributed by atoms with Gasteiger partial charge in [0.2, 0.25) is 0 Å². The first-order valence-electron chi connectivity index (χ1n) is 8.34. The molecule has 0 radical (unpaired) electrons. The van der Waals surface area contributed by atoms with E-state index in [1.54, 1.807) is 29.6 Å². The molecule has 1 aliphatic rings. The second-order valence-electron chi connectivity index (χ2n) is 6.26. The Balaban J connectivity index is 1.57. The van der Waals surface area contributed by atoms with Gasteiger partial charge in [0.05, 0.1) is 29.9 Å². The Morgan fingerprint density at radius 2 is 2.15 bits per heavy atom. The maximum atomic E-state index is 12.8. The molecule has 2 heterocycles. The lowest BCUT2D eigenvalue weighted by atomic mass is 10.1. The standard InChI is InChI=1S/C20H17N5O/c1-24-13-22-12-19(24)16-3-2-4-17(10-16)23-20(26)25-8-7-15-6-5-14(11-21)9-18(15)25/h2-6,9-10,12-13H,7-8H2,1H3,(H,23,26). The van der Waals surface area contributed by atoms with E-state index in [0.29, 0.717) is 12.1 Å². The van der Waals surface area contributed by atoms with Crippen LogP contribution in [0.25, 0.3) is 11.3 Å². The Hall–Kier alpha value is -3.59. The van der Waals surface area contributed by atoms with Crippen molar-refractivity contribution in [1.82, 2.24) is 9.55 Å². The number of imidazole rings is 1. The van der Waals surface area contributed by atoms with Gasteiger partial charge in [-0.15, -0.1) is 0 Å². The molecule has 1 aromatic heterocycles. The first-order valence-corrected chi connectivity index (χ1v) is 8.34. The normalized spacial score (nSPS) is 12.5. The minimum Gasteiger partial charge on any atom is -0.334 e. The molecular weight excluding hydrogens is 326 g/mol. The summed E-state index contributed by atoms with van der Waals surface area (Å²) in [5.41, 5.74) is 5.13. The van der Waals surface area contributed by atoms with E-state index < -0.39 is 0 Å². The number of rotatable bonds is 2. The van der Waals surface area contributed by atoms with Crippen molar-refractivity contribution in [2.45, 2.75) is 6.42 Å². The van der Waals surface area contributed by atoms with Crippen LogP contribution in [0.4, 0.5) is 16.2 Å². The van der Waals surface area contributed by atoms with Crippen LogP contribution in [0.1, 0.15) is 11.1 Å². The van der Waals surface area contributed by atoms with Gasteiger partial charge in [0.15, 0.2) is 0 Å². The van der Waals surface area contributed by atoms with E-state index in [0.717, 1.165) is 34.6 Å². The van der Waals surface area contributed by atoms with E-state index >= 15 is 0 Å². The summed E-state index contributed by atoms with van der Waals surface area (Å²) in [4.78, 5) is 18.6. The number of fused-ring (bicyclic) bond motifs is 1. The highest BCUT2D eigenvalue weighted by Crippen LogP contribution is 2.30. The largest absolute Gasteiger partial charge is 0.334 e. The zero-order valence-corrected chi connectivity index (χ0v) is 14.3. The number of aromatic nitrogens is 2. The molecule has 26 heavy (non-hydrogen) atoms. The summed E-state index contributed by atoms with van der Waals surface area (Å²) >= 11 is 0. The number of nitrogens with zero attached hydrogens (tertiary/aromatic N) is 4. The van der Waals surface area contributed by atoms with Gasteiger partial charge in [-0.3, -0.25) is 4.90 Å². The predicted octanol–water partition coefficient (Wildman–Crippen LogP) is 3.55. The van der Waals surface area contributed by atoms with E-state index in [4.69, 9.17) is 5.26 Å². The number of carbonyl (C=O) groups excluding carboxylic acids is 1. The number of nitriles is 1. The van der Waals surface area contributed by atoms with Crippen molar-refractivity contribution in [2.75, 3.05) is 16.8 Å². The van der Waals surface area contributed by atoms with Crippen molar-refractivity contribution >= 4 is 17.4 Å². The minimum absolute atomic E-state index is 0.194. The quantitative estimate of drug-likeness (QED) is 0.773. The summed E-state index contributed by atoms with van der Waals surface area (Å²) < 4.78 is 1.93. The van der Waals surface area contributed by atoms with Gasteiger partial charge in [-0.1, -0.05) is 18.2 Å². The highest BCUT2D eigenvalue weighted by molar-refractivity contribution is 6.03. The van der Waals surface area contributed by atoms with Crippen LogP contribution in [0.15, 0.2) is 55.0 Å². The summed E-state index contributed by atoms with van der Waals surface area (Å²) in [6.45, 7) is 0.609. The van der Waals surface area contributed by atoms with Crippen LogP contribution in [0.2, 0.25) is 0 Å². The molecule has 0 fully saturated rings. The molecule has 128 valence electrons. The van der Waals surface area contributed by atoms with E-state index in [1.165, 1.54) is 0 Å². The Kier molecular flexibility index (Phi) is 3.90. The molecule has 0 spiro atoms. The zero-order valence-electron chi connectivity index (χ0n) is 14.3. The molecule has 2 amide bonds. The molecule has 0 unspecified atom stereocenters. The topological polar surface area (TPSA) is 74.0 Å². The third-order valence-electron chi connectivity index (χ3n) is 4.58. The SMILES string of the molecule is Cn1cncc1-c1cccc(NC(=O)N2CCc3ccc(C#N)cc32)c1. The van der Waals surface area contributed by atoms with Gasteiger partial charge in [0.25, 0.3) is 0 Å². The molecule has 1 N–H and O–H groups in total. The molecular formula is C20H17N5O. The average molecular weight is 343 g/mol. The van der Waals surface area contributed by atoms with Gasteiger partial charge in [-0.25, -0.2) is 9.78 Å². The van der Waals surface area contributed by atoms with Crippen molar-refractivity contribution in [3.63, 3.8) is 0 Å². The Morgan fingerprint density at radius 1 is 1.27 bits per heavy atom. The fraction of sp³-hybridized carbons (Fsp3) is 0.150. The van der Waals surface area contributed by atoms with Crippen molar-refractivity contribution in [1.29, 1.82) is 5.26 Å². The van der Waals surface area contributed by atoms with Crippen LogP contribution in [-0.2, 0) is 13.5 Å². The summed E-state index contributed by atoms with van der Waals surface area (Å²) in [5.74, 6) is 0. The smallest absolute Gasteiger partial charge is 0.326 e. The average Bonchev–Trinajstić information content (AvgIpc) is 3.27. The molecule has 2 aromatic carbocycles. The lowest BCUT2D eigenvalue weighted by Crippen LogP contribution is -2.33. The molecule has 6 heteroatoms. The molecule has 1 aliphatic heterocycles. The summed E-state index contributed by atoms with van der Waals surface area (Å²) in [6, 6.07) is 15.1.